The summed E-state index contributed by atoms with van der Waals surface area (Å²) in [5.74, 6) is 1.50. The molecule has 4 nitrogen and oxygen atoms in total. The fraction of sp³-hybridized carbons (Fsp3) is 0.286. The van der Waals surface area contributed by atoms with Crippen LogP contribution in [0.3, 0.4) is 0 Å². The summed E-state index contributed by atoms with van der Waals surface area (Å²) in [6.07, 6.45) is 1.03. The number of amides is 1. The van der Waals surface area contributed by atoms with Crippen molar-refractivity contribution in [2.45, 2.75) is 32.8 Å². The molecule has 0 aliphatic carbocycles. The summed E-state index contributed by atoms with van der Waals surface area (Å²) >= 11 is 0. The first-order valence-electron chi connectivity index (χ1n) is 8.41. The van der Waals surface area contributed by atoms with Crippen LogP contribution >= 0.6 is 0 Å². The lowest BCUT2D eigenvalue weighted by Crippen LogP contribution is -2.30. The molecule has 1 unspecified atom stereocenters. The van der Waals surface area contributed by atoms with Crippen LogP contribution in [0.2, 0.25) is 0 Å². The molecule has 2 aromatic carbocycles. The molecule has 1 atom stereocenters. The highest BCUT2D eigenvalue weighted by atomic mass is 16.5. The molecular formula is C21H25NO3. The Morgan fingerprint density at radius 3 is 2.44 bits per heavy atom. The highest BCUT2D eigenvalue weighted by Gasteiger charge is 2.16. The van der Waals surface area contributed by atoms with E-state index in [1.165, 1.54) is 5.56 Å². The fourth-order valence-corrected chi connectivity index (χ4v) is 2.27. The minimum Gasteiger partial charge on any atom is -0.487 e. The van der Waals surface area contributed by atoms with E-state index in [4.69, 9.17) is 9.47 Å². The Morgan fingerprint density at radius 2 is 1.80 bits per heavy atom. The summed E-state index contributed by atoms with van der Waals surface area (Å²) in [6, 6.07) is 15.1. The minimum absolute atomic E-state index is 0.234. The van der Waals surface area contributed by atoms with Crippen molar-refractivity contribution >= 4 is 11.6 Å². The first kappa shape index (κ1) is 18.6. The van der Waals surface area contributed by atoms with Gasteiger partial charge in [-0.25, -0.2) is 0 Å². The number of carbonyl (C=O) groups is 1. The normalized spacial score (nSPS) is 11.7. The van der Waals surface area contributed by atoms with E-state index in [-0.39, 0.29) is 5.91 Å². The molecule has 0 bridgehead atoms. The van der Waals surface area contributed by atoms with Gasteiger partial charge in [0.25, 0.3) is 5.91 Å². The molecule has 2 aromatic rings. The van der Waals surface area contributed by atoms with Gasteiger partial charge in [0.05, 0.1) is 5.69 Å². The third kappa shape index (κ3) is 5.38. The maximum atomic E-state index is 12.4. The SMILES string of the molecule is C=CCOc1ccccc1NC(=O)C(C)Oc1ccc(C(C)C)cc1. The molecule has 1 N–H and O–H groups in total. The number of anilines is 1. The first-order valence-corrected chi connectivity index (χ1v) is 8.41. The van der Waals surface area contributed by atoms with Crippen molar-refractivity contribution < 1.29 is 14.3 Å². The topological polar surface area (TPSA) is 47.6 Å². The number of hydrogen-bond donors (Lipinski definition) is 1. The molecule has 0 aliphatic rings. The van der Waals surface area contributed by atoms with Gasteiger partial charge in [-0.05, 0) is 42.7 Å². The second kappa shape index (κ2) is 8.92. The maximum Gasteiger partial charge on any atom is 0.265 e. The average molecular weight is 339 g/mol. The minimum atomic E-state index is -0.627. The molecule has 0 heterocycles. The highest BCUT2D eigenvalue weighted by molar-refractivity contribution is 5.95. The van der Waals surface area contributed by atoms with E-state index >= 15 is 0 Å². The molecule has 0 spiro atoms. The zero-order valence-corrected chi connectivity index (χ0v) is 15.0. The summed E-state index contributed by atoms with van der Waals surface area (Å²) < 4.78 is 11.3. The maximum absolute atomic E-state index is 12.4. The van der Waals surface area contributed by atoms with Gasteiger partial charge >= 0.3 is 0 Å². The summed E-state index contributed by atoms with van der Waals surface area (Å²) in [4.78, 5) is 12.4. The van der Waals surface area contributed by atoms with Gasteiger partial charge in [0.2, 0.25) is 0 Å². The predicted molar refractivity (Wildman–Crippen MR) is 101 cm³/mol. The Hall–Kier alpha value is -2.75. The number of rotatable bonds is 8. The van der Waals surface area contributed by atoms with E-state index in [0.717, 1.165) is 0 Å². The number of hydrogen-bond acceptors (Lipinski definition) is 3. The van der Waals surface area contributed by atoms with E-state index in [2.05, 4.69) is 25.7 Å². The van der Waals surface area contributed by atoms with Crippen molar-refractivity contribution in [2.75, 3.05) is 11.9 Å². The Bertz CT molecular complexity index is 707. The molecule has 2 rings (SSSR count). The van der Waals surface area contributed by atoms with Crippen LogP contribution in [0.25, 0.3) is 0 Å². The monoisotopic (exact) mass is 339 g/mol. The van der Waals surface area contributed by atoms with E-state index in [1.807, 2.05) is 36.4 Å². The van der Waals surface area contributed by atoms with Crippen molar-refractivity contribution in [1.29, 1.82) is 0 Å². The Balaban J connectivity index is 1.99. The summed E-state index contributed by atoms with van der Waals surface area (Å²) in [5, 5.41) is 2.85. The van der Waals surface area contributed by atoms with Crippen LogP contribution in [0.5, 0.6) is 11.5 Å². The fourth-order valence-electron chi connectivity index (χ4n) is 2.27. The molecule has 25 heavy (non-hydrogen) atoms. The van der Waals surface area contributed by atoms with Gasteiger partial charge < -0.3 is 14.8 Å². The zero-order chi connectivity index (χ0) is 18.2. The van der Waals surface area contributed by atoms with Crippen molar-refractivity contribution in [3.8, 4) is 11.5 Å². The van der Waals surface area contributed by atoms with Crippen LogP contribution in [-0.4, -0.2) is 18.6 Å². The molecular weight excluding hydrogens is 314 g/mol. The summed E-state index contributed by atoms with van der Waals surface area (Å²) in [7, 11) is 0. The van der Waals surface area contributed by atoms with Gasteiger partial charge in [-0.3, -0.25) is 4.79 Å². The summed E-state index contributed by atoms with van der Waals surface area (Å²) in [5.41, 5.74) is 1.85. The summed E-state index contributed by atoms with van der Waals surface area (Å²) in [6.45, 7) is 10.00. The van der Waals surface area contributed by atoms with Crippen LogP contribution in [0.4, 0.5) is 5.69 Å². The number of nitrogens with one attached hydrogen (secondary N) is 1. The first-order chi connectivity index (χ1) is 12.0. The van der Waals surface area contributed by atoms with Gasteiger partial charge in [-0.1, -0.05) is 50.8 Å². The van der Waals surface area contributed by atoms with Gasteiger partial charge in [-0.15, -0.1) is 0 Å². The van der Waals surface area contributed by atoms with Crippen LogP contribution in [0.1, 0.15) is 32.3 Å². The largest absolute Gasteiger partial charge is 0.487 e. The number of carbonyl (C=O) groups excluding carboxylic acids is 1. The Kier molecular flexibility index (Phi) is 6.63. The van der Waals surface area contributed by atoms with Crippen molar-refractivity contribution in [2.24, 2.45) is 0 Å². The second-order valence-corrected chi connectivity index (χ2v) is 6.07. The zero-order valence-electron chi connectivity index (χ0n) is 15.0. The van der Waals surface area contributed by atoms with E-state index in [1.54, 1.807) is 25.1 Å². The lowest BCUT2D eigenvalue weighted by atomic mass is 10.0. The predicted octanol–water partition coefficient (Wildman–Crippen LogP) is 4.78. The van der Waals surface area contributed by atoms with Crippen molar-refractivity contribution in [1.82, 2.24) is 0 Å². The van der Waals surface area contributed by atoms with Crippen molar-refractivity contribution in [3.05, 3.63) is 66.7 Å². The molecule has 0 saturated heterocycles. The molecule has 132 valence electrons. The number of benzene rings is 2. The van der Waals surface area contributed by atoms with E-state index in [0.29, 0.717) is 29.7 Å². The number of para-hydroxylation sites is 2. The van der Waals surface area contributed by atoms with Gasteiger partial charge in [-0.2, -0.15) is 0 Å². The van der Waals surface area contributed by atoms with Crippen LogP contribution < -0.4 is 14.8 Å². The lowest BCUT2D eigenvalue weighted by molar-refractivity contribution is -0.122. The third-order valence-corrected chi connectivity index (χ3v) is 3.73. The molecule has 0 aliphatic heterocycles. The molecule has 0 fully saturated rings. The van der Waals surface area contributed by atoms with Crippen molar-refractivity contribution in [3.63, 3.8) is 0 Å². The number of ether oxygens (including phenoxy) is 2. The molecule has 1 amide bonds. The smallest absolute Gasteiger partial charge is 0.265 e. The van der Waals surface area contributed by atoms with Crippen LogP contribution in [0, 0.1) is 0 Å². The average Bonchev–Trinajstić information content (AvgIpc) is 2.61. The standard InChI is InChI=1S/C21H25NO3/c1-5-14-24-20-9-7-6-8-19(20)22-21(23)16(4)25-18-12-10-17(11-13-18)15(2)3/h5-13,15-16H,1,14H2,2-4H3,(H,22,23). The van der Waals surface area contributed by atoms with Crippen LogP contribution in [0.15, 0.2) is 61.2 Å². The third-order valence-electron chi connectivity index (χ3n) is 3.73. The van der Waals surface area contributed by atoms with Gasteiger partial charge in [0.15, 0.2) is 6.10 Å². The highest BCUT2D eigenvalue weighted by Crippen LogP contribution is 2.24. The molecule has 4 heteroatoms. The van der Waals surface area contributed by atoms with Gasteiger partial charge in [0, 0.05) is 0 Å². The lowest BCUT2D eigenvalue weighted by Gasteiger charge is -2.17. The molecule has 0 radical (unpaired) electrons. The van der Waals surface area contributed by atoms with Crippen LogP contribution in [-0.2, 0) is 4.79 Å². The van der Waals surface area contributed by atoms with E-state index in [9.17, 15) is 4.79 Å². The molecule has 0 aromatic heterocycles. The quantitative estimate of drug-likeness (QED) is 0.704. The van der Waals surface area contributed by atoms with E-state index < -0.39 is 6.10 Å². The Morgan fingerprint density at radius 1 is 1.12 bits per heavy atom. The van der Waals surface area contributed by atoms with Gasteiger partial charge in [0.1, 0.15) is 18.1 Å². The Labute approximate surface area is 149 Å². The second-order valence-electron chi connectivity index (χ2n) is 6.07. The molecule has 0 saturated carbocycles.